The highest BCUT2D eigenvalue weighted by Gasteiger charge is 2.12. The SMILES string of the molecule is CC(C)=CC/C(C)=C/CNCCNC(c1ccccc1)c1ccccc1. The van der Waals surface area contributed by atoms with Gasteiger partial charge >= 0.3 is 0 Å². The second kappa shape index (κ2) is 11.5. The Morgan fingerprint density at radius 2 is 1.38 bits per heavy atom. The number of rotatable bonds is 10. The van der Waals surface area contributed by atoms with Crippen molar-refractivity contribution in [2.45, 2.75) is 33.2 Å². The molecule has 0 atom stereocenters. The Hall–Kier alpha value is -2.16. The van der Waals surface area contributed by atoms with Gasteiger partial charge in [0.1, 0.15) is 0 Å². The number of nitrogens with one attached hydrogen (secondary N) is 2. The van der Waals surface area contributed by atoms with Crippen molar-refractivity contribution in [1.29, 1.82) is 0 Å². The molecule has 0 fully saturated rings. The zero-order valence-electron chi connectivity index (χ0n) is 16.3. The van der Waals surface area contributed by atoms with Crippen LogP contribution in [0.4, 0.5) is 0 Å². The molecule has 2 rings (SSSR count). The number of hydrogen-bond acceptors (Lipinski definition) is 2. The second-order valence-corrected chi connectivity index (χ2v) is 6.95. The van der Waals surface area contributed by atoms with E-state index < -0.39 is 0 Å². The molecular formula is C24H32N2. The van der Waals surface area contributed by atoms with Crippen molar-refractivity contribution in [2.75, 3.05) is 19.6 Å². The lowest BCUT2D eigenvalue weighted by atomic mass is 9.99. The summed E-state index contributed by atoms with van der Waals surface area (Å²) in [6.45, 7) is 9.28. The quantitative estimate of drug-likeness (QED) is 0.452. The zero-order chi connectivity index (χ0) is 18.6. The van der Waals surface area contributed by atoms with Gasteiger partial charge in [-0.05, 0) is 38.3 Å². The van der Waals surface area contributed by atoms with Gasteiger partial charge in [-0.2, -0.15) is 0 Å². The van der Waals surface area contributed by atoms with Crippen LogP contribution in [0, 0.1) is 0 Å². The lowest BCUT2D eigenvalue weighted by Crippen LogP contribution is -2.31. The topological polar surface area (TPSA) is 24.1 Å². The third-order valence-electron chi connectivity index (χ3n) is 4.34. The smallest absolute Gasteiger partial charge is 0.0577 e. The van der Waals surface area contributed by atoms with E-state index in [0.717, 1.165) is 26.1 Å². The maximum Gasteiger partial charge on any atom is 0.0577 e. The summed E-state index contributed by atoms with van der Waals surface area (Å²) in [6.07, 6.45) is 5.61. The Labute approximate surface area is 159 Å². The molecule has 0 saturated carbocycles. The Kier molecular flexibility index (Phi) is 8.88. The van der Waals surface area contributed by atoms with Gasteiger partial charge in [0.25, 0.3) is 0 Å². The molecule has 2 aromatic rings. The second-order valence-electron chi connectivity index (χ2n) is 6.95. The maximum absolute atomic E-state index is 3.69. The Morgan fingerprint density at radius 1 is 0.808 bits per heavy atom. The summed E-state index contributed by atoms with van der Waals surface area (Å²) in [4.78, 5) is 0. The molecule has 0 bridgehead atoms. The minimum Gasteiger partial charge on any atom is -0.312 e. The van der Waals surface area contributed by atoms with Crippen LogP contribution < -0.4 is 10.6 Å². The van der Waals surface area contributed by atoms with Crippen LogP contribution in [0.3, 0.4) is 0 Å². The Bertz CT molecular complexity index is 643. The molecule has 0 aliphatic rings. The van der Waals surface area contributed by atoms with Crippen molar-refractivity contribution in [1.82, 2.24) is 10.6 Å². The van der Waals surface area contributed by atoms with Crippen molar-refractivity contribution in [2.24, 2.45) is 0 Å². The zero-order valence-corrected chi connectivity index (χ0v) is 16.3. The van der Waals surface area contributed by atoms with Gasteiger partial charge < -0.3 is 10.6 Å². The Balaban J connectivity index is 1.81. The summed E-state index contributed by atoms with van der Waals surface area (Å²) in [7, 11) is 0. The first-order chi connectivity index (χ1) is 12.7. The summed E-state index contributed by atoms with van der Waals surface area (Å²) in [5.41, 5.74) is 5.40. The van der Waals surface area contributed by atoms with Crippen molar-refractivity contribution >= 4 is 0 Å². The molecule has 0 aliphatic heterocycles. The summed E-state index contributed by atoms with van der Waals surface area (Å²) in [5, 5.41) is 7.19. The molecule has 0 aromatic heterocycles. The average Bonchev–Trinajstić information content (AvgIpc) is 2.67. The molecule has 0 radical (unpaired) electrons. The summed E-state index contributed by atoms with van der Waals surface area (Å²) in [6, 6.07) is 21.5. The standard InChI is InChI=1S/C24H32N2/c1-20(2)14-15-21(3)16-17-25-18-19-26-24(22-10-6-4-7-11-22)23-12-8-5-9-13-23/h4-14,16,24-26H,15,17-19H2,1-3H3/b21-16+. The van der Waals surface area contributed by atoms with E-state index >= 15 is 0 Å². The molecule has 0 spiro atoms. The minimum atomic E-state index is 0.231. The largest absolute Gasteiger partial charge is 0.312 e. The van der Waals surface area contributed by atoms with E-state index in [0.29, 0.717) is 0 Å². The van der Waals surface area contributed by atoms with Gasteiger partial charge in [-0.3, -0.25) is 0 Å². The fourth-order valence-corrected chi connectivity index (χ4v) is 2.82. The van der Waals surface area contributed by atoms with Gasteiger partial charge in [-0.15, -0.1) is 0 Å². The number of hydrogen-bond donors (Lipinski definition) is 2. The maximum atomic E-state index is 3.69. The van der Waals surface area contributed by atoms with Crippen LogP contribution in [0.15, 0.2) is 84.0 Å². The molecule has 0 aliphatic carbocycles. The van der Waals surface area contributed by atoms with Crippen molar-refractivity contribution in [3.05, 3.63) is 95.1 Å². The van der Waals surface area contributed by atoms with Crippen molar-refractivity contribution in [3.63, 3.8) is 0 Å². The van der Waals surface area contributed by atoms with E-state index in [1.807, 2.05) is 0 Å². The van der Waals surface area contributed by atoms with Gasteiger partial charge in [-0.25, -0.2) is 0 Å². The summed E-state index contributed by atoms with van der Waals surface area (Å²) in [5.74, 6) is 0. The van der Waals surface area contributed by atoms with E-state index in [2.05, 4.69) is 104 Å². The third-order valence-corrected chi connectivity index (χ3v) is 4.34. The van der Waals surface area contributed by atoms with Crippen LogP contribution in [-0.4, -0.2) is 19.6 Å². The minimum absolute atomic E-state index is 0.231. The fraction of sp³-hybridized carbons (Fsp3) is 0.333. The van der Waals surface area contributed by atoms with Crippen LogP contribution in [0.5, 0.6) is 0 Å². The molecule has 138 valence electrons. The number of allylic oxidation sites excluding steroid dienone is 3. The predicted molar refractivity (Wildman–Crippen MR) is 113 cm³/mol. The molecule has 2 aromatic carbocycles. The normalized spacial score (nSPS) is 11.6. The molecule has 2 N–H and O–H groups in total. The fourth-order valence-electron chi connectivity index (χ4n) is 2.82. The van der Waals surface area contributed by atoms with E-state index in [9.17, 15) is 0 Å². The van der Waals surface area contributed by atoms with Crippen LogP contribution in [0.25, 0.3) is 0 Å². The first-order valence-electron chi connectivity index (χ1n) is 9.50. The van der Waals surface area contributed by atoms with Gasteiger partial charge in [0, 0.05) is 19.6 Å². The molecule has 0 unspecified atom stereocenters. The average molecular weight is 349 g/mol. The predicted octanol–water partition coefficient (Wildman–Crippen LogP) is 5.26. The van der Waals surface area contributed by atoms with Gasteiger partial charge in [-0.1, -0.05) is 84.0 Å². The van der Waals surface area contributed by atoms with Crippen molar-refractivity contribution < 1.29 is 0 Å². The molecule has 2 heteroatoms. The van der Waals surface area contributed by atoms with Crippen molar-refractivity contribution in [3.8, 4) is 0 Å². The summed E-state index contributed by atoms with van der Waals surface area (Å²) < 4.78 is 0. The van der Waals surface area contributed by atoms with Crippen LogP contribution in [-0.2, 0) is 0 Å². The molecule has 0 saturated heterocycles. The number of benzene rings is 2. The lowest BCUT2D eigenvalue weighted by Gasteiger charge is -2.20. The first kappa shape index (κ1) is 20.2. The highest BCUT2D eigenvalue weighted by molar-refractivity contribution is 5.31. The van der Waals surface area contributed by atoms with E-state index in [1.54, 1.807) is 0 Å². The van der Waals surface area contributed by atoms with Gasteiger partial charge in [0.15, 0.2) is 0 Å². The highest BCUT2D eigenvalue weighted by atomic mass is 15.0. The van der Waals surface area contributed by atoms with Crippen LogP contribution >= 0.6 is 0 Å². The molecular weight excluding hydrogens is 316 g/mol. The van der Waals surface area contributed by atoms with Crippen LogP contribution in [0.1, 0.15) is 44.4 Å². The van der Waals surface area contributed by atoms with Gasteiger partial charge in [0.05, 0.1) is 6.04 Å². The monoisotopic (exact) mass is 348 g/mol. The highest BCUT2D eigenvalue weighted by Crippen LogP contribution is 2.21. The van der Waals surface area contributed by atoms with Crippen LogP contribution in [0.2, 0.25) is 0 Å². The third kappa shape index (κ3) is 7.38. The molecule has 2 nitrogen and oxygen atoms in total. The summed E-state index contributed by atoms with van der Waals surface area (Å²) >= 11 is 0. The molecule has 26 heavy (non-hydrogen) atoms. The van der Waals surface area contributed by atoms with Gasteiger partial charge in [0.2, 0.25) is 0 Å². The lowest BCUT2D eigenvalue weighted by molar-refractivity contribution is 0.579. The molecule has 0 heterocycles. The van der Waals surface area contributed by atoms with E-state index in [1.165, 1.54) is 22.3 Å². The first-order valence-corrected chi connectivity index (χ1v) is 9.50. The van der Waals surface area contributed by atoms with E-state index in [-0.39, 0.29) is 6.04 Å². The van der Waals surface area contributed by atoms with E-state index in [4.69, 9.17) is 0 Å². The molecule has 0 amide bonds. The Morgan fingerprint density at radius 3 is 1.92 bits per heavy atom.